The predicted molar refractivity (Wildman–Crippen MR) is 83.6 cm³/mol. The van der Waals surface area contributed by atoms with Crippen LogP contribution in [0.25, 0.3) is 0 Å². The molecule has 1 N–H and O–H groups in total. The monoisotopic (exact) mass is 285 g/mol. The summed E-state index contributed by atoms with van der Waals surface area (Å²) in [5, 5.41) is 7.97. The standard InChI is InChI=1S/C17H23N3O/c1-4-16-14(11-20(3)19-16)9-18-10-15-8-13-7-12(2)5-6-17(13)21-15/h5-7,11,15,18H,4,8-10H2,1-3H3. The van der Waals surface area contributed by atoms with Gasteiger partial charge in [-0.1, -0.05) is 24.6 Å². The van der Waals surface area contributed by atoms with Crippen molar-refractivity contribution >= 4 is 0 Å². The zero-order valence-electron chi connectivity index (χ0n) is 13.0. The maximum atomic E-state index is 5.98. The van der Waals surface area contributed by atoms with Crippen LogP contribution in [0.5, 0.6) is 5.75 Å². The van der Waals surface area contributed by atoms with Gasteiger partial charge in [0.15, 0.2) is 0 Å². The van der Waals surface area contributed by atoms with E-state index in [0.717, 1.165) is 31.7 Å². The second-order valence-electron chi connectivity index (χ2n) is 5.81. The minimum atomic E-state index is 0.239. The molecule has 3 rings (SSSR count). The van der Waals surface area contributed by atoms with Crippen molar-refractivity contribution in [1.29, 1.82) is 0 Å². The molecule has 0 fully saturated rings. The highest BCUT2D eigenvalue weighted by atomic mass is 16.5. The van der Waals surface area contributed by atoms with Crippen molar-refractivity contribution in [1.82, 2.24) is 15.1 Å². The van der Waals surface area contributed by atoms with Crippen molar-refractivity contribution < 1.29 is 4.74 Å². The van der Waals surface area contributed by atoms with Gasteiger partial charge in [0.05, 0.1) is 5.69 Å². The number of nitrogens with zero attached hydrogens (tertiary/aromatic N) is 2. The van der Waals surface area contributed by atoms with E-state index in [9.17, 15) is 0 Å². The van der Waals surface area contributed by atoms with Gasteiger partial charge >= 0.3 is 0 Å². The molecule has 112 valence electrons. The topological polar surface area (TPSA) is 39.1 Å². The van der Waals surface area contributed by atoms with Crippen molar-refractivity contribution in [2.24, 2.45) is 7.05 Å². The van der Waals surface area contributed by atoms with E-state index >= 15 is 0 Å². The molecule has 2 aromatic rings. The summed E-state index contributed by atoms with van der Waals surface area (Å²) in [6, 6.07) is 6.42. The predicted octanol–water partition coefficient (Wildman–Crippen LogP) is 2.38. The molecule has 1 aromatic carbocycles. The highest BCUT2D eigenvalue weighted by Gasteiger charge is 2.22. The van der Waals surface area contributed by atoms with Gasteiger partial charge in [-0.2, -0.15) is 5.10 Å². The Hall–Kier alpha value is -1.81. The second kappa shape index (κ2) is 5.90. The molecule has 0 radical (unpaired) electrons. The van der Waals surface area contributed by atoms with E-state index in [1.165, 1.54) is 22.4 Å². The maximum absolute atomic E-state index is 5.98. The van der Waals surface area contributed by atoms with Crippen LogP contribution < -0.4 is 10.1 Å². The summed E-state index contributed by atoms with van der Waals surface area (Å²) in [5.41, 5.74) is 5.09. The number of rotatable bonds is 5. The molecular formula is C17H23N3O. The van der Waals surface area contributed by atoms with Crippen molar-refractivity contribution in [3.8, 4) is 5.75 Å². The molecule has 0 aliphatic carbocycles. The van der Waals surface area contributed by atoms with E-state index in [1.54, 1.807) is 0 Å². The van der Waals surface area contributed by atoms with Crippen LogP contribution in [0, 0.1) is 6.92 Å². The van der Waals surface area contributed by atoms with Crippen LogP contribution in [0.15, 0.2) is 24.4 Å². The molecule has 0 bridgehead atoms. The lowest BCUT2D eigenvalue weighted by Gasteiger charge is -2.11. The van der Waals surface area contributed by atoms with E-state index < -0.39 is 0 Å². The van der Waals surface area contributed by atoms with E-state index in [-0.39, 0.29) is 6.10 Å². The fraction of sp³-hybridized carbons (Fsp3) is 0.471. The average molecular weight is 285 g/mol. The number of benzene rings is 1. The lowest BCUT2D eigenvalue weighted by molar-refractivity contribution is 0.227. The first kappa shape index (κ1) is 14.1. The van der Waals surface area contributed by atoms with Gasteiger partial charge in [0, 0.05) is 38.3 Å². The molecule has 0 amide bonds. The number of hydrogen-bond donors (Lipinski definition) is 1. The molecule has 2 heterocycles. The molecule has 0 spiro atoms. The Morgan fingerprint density at radius 3 is 3.10 bits per heavy atom. The van der Waals surface area contributed by atoms with Crippen molar-refractivity contribution in [3.05, 3.63) is 46.8 Å². The van der Waals surface area contributed by atoms with Gasteiger partial charge < -0.3 is 10.1 Å². The Bertz CT molecular complexity index is 633. The smallest absolute Gasteiger partial charge is 0.123 e. The lowest BCUT2D eigenvalue weighted by Crippen LogP contribution is -2.29. The SMILES string of the molecule is CCc1nn(C)cc1CNCC1Cc2cc(C)ccc2O1. The van der Waals surface area contributed by atoms with E-state index in [2.05, 4.69) is 48.7 Å². The summed E-state index contributed by atoms with van der Waals surface area (Å²) in [6.45, 7) is 5.99. The Kier molecular flexibility index (Phi) is 3.97. The Morgan fingerprint density at radius 2 is 2.29 bits per heavy atom. The van der Waals surface area contributed by atoms with E-state index in [4.69, 9.17) is 4.74 Å². The fourth-order valence-electron chi connectivity index (χ4n) is 2.96. The third kappa shape index (κ3) is 3.10. The summed E-state index contributed by atoms with van der Waals surface area (Å²) in [7, 11) is 1.97. The lowest BCUT2D eigenvalue weighted by atomic mass is 10.1. The first-order chi connectivity index (χ1) is 10.2. The highest BCUT2D eigenvalue weighted by molar-refractivity contribution is 5.40. The summed E-state index contributed by atoms with van der Waals surface area (Å²) in [4.78, 5) is 0. The normalized spacial score (nSPS) is 16.8. The largest absolute Gasteiger partial charge is 0.488 e. The molecule has 1 unspecified atom stereocenters. The minimum absolute atomic E-state index is 0.239. The molecule has 4 heteroatoms. The van der Waals surface area contributed by atoms with Gasteiger partial charge in [-0.05, 0) is 25.0 Å². The molecule has 1 aliphatic rings. The first-order valence-corrected chi connectivity index (χ1v) is 7.64. The molecule has 4 nitrogen and oxygen atoms in total. The molecule has 0 saturated heterocycles. The number of fused-ring (bicyclic) bond motifs is 1. The van der Waals surface area contributed by atoms with Crippen LogP contribution in [0.3, 0.4) is 0 Å². The van der Waals surface area contributed by atoms with Gasteiger partial charge in [0.1, 0.15) is 11.9 Å². The Balaban J connectivity index is 1.53. The van der Waals surface area contributed by atoms with E-state index in [0.29, 0.717) is 0 Å². The summed E-state index contributed by atoms with van der Waals surface area (Å²) in [6.07, 6.45) is 4.31. The Labute approximate surface area is 126 Å². The zero-order valence-corrected chi connectivity index (χ0v) is 13.0. The summed E-state index contributed by atoms with van der Waals surface area (Å²) >= 11 is 0. The van der Waals surface area contributed by atoms with Crippen LogP contribution >= 0.6 is 0 Å². The highest BCUT2D eigenvalue weighted by Crippen LogP contribution is 2.29. The van der Waals surface area contributed by atoms with Gasteiger partial charge in [-0.25, -0.2) is 0 Å². The quantitative estimate of drug-likeness (QED) is 0.917. The van der Waals surface area contributed by atoms with Crippen molar-refractivity contribution in [2.45, 2.75) is 39.3 Å². The number of nitrogens with one attached hydrogen (secondary N) is 1. The van der Waals surface area contributed by atoms with Crippen molar-refractivity contribution in [3.63, 3.8) is 0 Å². The van der Waals surface area contributed by atoms with Crippen LogP contribution in [0.2, 0.25) is 0 Å². The van der Waals surface area contributed by atoms with Gasteiger partial charge in [-0.15, -0.1) is 0 Å². The number of ether oxygens (including phenoxy) is 1. The Morgan fingerprint density at radius 1 is 1.43 bits per heavy atom. The molecular weight excluding hydrogens is 262 g/mol. The fourth-order valence-corrected chi connectivity index (χ4v) is 2.96. The maximum Gasteiger partial charge on any atom is 0.123 e. The van der Waals surface area contributed by atoms with Crippen LogP contribution in [0.4, 0.5) is 0 Å². The molecule has 21 heavy (non-hydrogen) atoms. The number of aromatic nitrogens is 2. The van der Waals surface area contributed by atoms with Crippen LogP contribution in [-0.4, -0.2) is 22.4 Å². The second-order valence-corrected chi connectivity index (χ2v) is 5.81. The molecule has 1 aliphatic heterocycles. The third-order valence-electron chi connectivity index (χ3n) is 3.97. The summed E-state index contributed by atoms with van der Waals surface area (Å²) < 4.78 is 7.87. The van der Waals surface area contributed by atoms with Gasteiger partial charge in [0.2, 0.25) is 0 Å². The zero-order chi connectivity index (χ0) is 14.8. The molecule has 1 atom stereocenters. The molecule has 1 aromatic heterocycles. The molecule has 0 saturated carbocycles. The number of hydrogen-bond acceptors (Lipinski definition) is 3. The number of aryl methyl sites for hydroxylation is 3. The average Bonchev–Trinajstić information content (AvgIpc) is 3.01. The van der Waals surface area contributed by atoms with E-state index in [1.807, 2.05) is 11.7 Å². The van der Waals surface area contributed by atoms with Gasteiger partial charge in [0.25, 0.3) is 0 Å². The summed E-state index contributed by atoms with van der Waals surface area (Å²) in [5.74, 6) is 1.04. The van der Waals surface area contributed by atoms with Crippen molar-refractivity contribution in [2.75, 3.05) is 6.54 Å². The first-order valence-electron chi connectivity index (χ1n) is 7.64. The minimum Gasteiger partial charge on any atom is -0.488 e. The van der Waals surface area contributed by atoms with Crippen LogP contribution in [-0.2, 0) is 26.4 Å². The van der Waals surface area contributed by atoms with Gasteiger partial charge in [-0.3, -0.25) is 4.68 Å². The van der Waals surface area contributed by atoms with Crippen LogP contribution in [0.1, 0.15) is 29.3 Å². The third-order valence-corrected chi connectivity index (χ3v) is 3.97.